The van der Waals surface area contributed by atoms with Crippen LogP contribution >= 0.6 is 0 Å². The normalized spacial score (nSPS) is 13.4. The van der Waals surface area contributed by atoms with E-state index in [2.05, 4.69) is 0 Å². The molecule has 0 spiro atoms. The molecule has 0 saturated carbocycles. The van der Waals surface area contributed by atoms with E-state index in [0.717, 1.165) is 6.42 Å². The van der Waals surface area contributed by atoms with Crippen LogP contribution in [0, 0.1) is 11.3 Å². The average molecular weight is 197 g/mol. The second-order valence-electron chi connectivity index (χ2n) is 2.81. The summed E-state index contributed by atoms with van der Waals surface area (Å²) in [5, 5.41) is 17.1. The highest BCUT2D eigenvalue weighted by Crippen LogP contribution is 2.05. The molecule has 0 aliphatic rings. The van der Waals surface area contributed by atoms with Crippen molar-refractivity contribution >= 4 is 5.97 Å². The van der Waals surface area contributed by atoms with Crippen molar-refractivity contribution < 1.29 is 14.6 Å². The molecule has 4 heteroatoms. The van der Waals surface area contributed by atoms with Crippen LogP contribution in [0.15, 0.2) is 11.6 Å². The largest absolute Gasteiger partial charge is 0.477 e. The Morgan fingerprint density at radius 3 is 2.64 bits per heavy atom. The Hall–Kier alpha value is -1.34. The van der Waals surface area contributed by atoms with Gasteiger partial charge in [0, 0.05) is 6.61 Å². The van der Waals surface area contributed by atoms with Gasteiger partial charge < -0.3 is 9.84 Å². The zero-order chi connectivity index (χ0) is 11.0. The third-order valence-corrected chi connectivity index (χ3v) is 1.64. The fourth-order valence-electron chi connectivity index (χ4n) is 0.895. The van der Waals surface area contributed by atoms with Crippen LogP contribution in [0.2, 0.25) is 0 Å². The zero-order valence-corrected chi connectivity index (χ0v) is 8.49. The molecule has 1 unspecified atom stereocenters. The Labute approximate surface area is 83.8 Å². The summed E-state index contributed by atoms with van der Waals surface area (Å²) in [7, 11) is 0. The molecule has 0 rings (SSSR count). The molecule has 1 atom stereocenters. The van der Waals surface area contributed by atoms with E-state index in [1.807, 2.05) is 13.8 Å². The second kappa shape index (κ2) is 7.10. The molecule has 0 heterocycles. The number of hydrogen-bond donors (Lipinski definition) is 1. The summed E-state index contributed by atoms with van der Waals surface area (Å²) in [4.78, 5) is 10.5. The number of ether oxygens (including phenoxy) is 1. The van der Waals surface area contributed by atoms with Gasteiger partial charge in [-0.2, -0.15) is 5.26 Å². The number of rotatable bonds is 6. The first-order valence-electron chi connectivity index (χ1n) is 4.62. The van der Waals surface area contributed by atoms with E-state index in [0.29, 0.717) is 13.0 Å². The van der Waals surface area contributed by atoms with Crippen LogP contribution in [0.5, 0.6) is 0 Å². The third kappa shape index (κ3) is 4.63. The topological polar surface area (TPSA) is 70.3 Å². The highest BCUT2D eigenvalue weighted by Gasteiger charge is 2.10. The quantitative estimate of drug-likeness (QED) is 0.520. The maximum atomic E-state index is 10.5. The summed E-state index contributed by atoms with van der Waals surface area (Å²) in [5.74, 6) is -1.20. The Morgan fingerprint density at radius 2 is 2.29 bits per heavy atom. The number of aliphatic carboxylic acids is 1. The van der Waals surface area contributed by atoms with Crippen molar-refractivity contribution in [2.24, 2.45) is 0 Å². The van der Waals surface area contributed by atoms with Crippen LogP contribution < -0.4 is 0 Å². The van der Waals surface area contributed by atoms with Gasteiger partial charge in [-0.15, -0.1) is 0 Å². The fourth-order valence-corrected chi connectivity index (χ4v) is 0.895. The lowest BCUT2D eigenvalue weighted by molar-refractivity contribution is -0.132. The van der Waals surface area contributed by atoms with Crippen LogP contribution in [0.4, 0.5) is 0 Å². The highest BCUT2D eigenvalue weighted by molar-refractivity contribution is 5.91. The van der Waals surface area contributed by atoms with E-state index >= 15 is 0 Å². The van der Waals surface area contributed by atoms with Crippen molar-refractivity contribution in [3.63, 3.8) is 0 Å². The van der Waals surface area contributed by atoms with E-state index < -0.39 is 5.97 Å². The predicted octanol–water partition coefficient (Wildman–Crippen LogP) is 1.73. The van der Waals surface area contributed by atoms with E-state index in [1.54, 1.807) is 6.07 Å². The third-order valence-electron chi connectivity index (χ3n) is 1.64. The van der Waals surface area contributed by atoms with Gasteiger partial charge in [-0.1, -0.05) is 13.8 Å². The first kappa shape index (κ1) is 12.7. The molecule has 0 amide bonds. The average Bonchev–Trinajstić information content (AvgIpc) is 2.18. The lowest BCUT2D eigenvalue weighted by atomic mass is 10.2. The maximum absolute atomic E-state index is 10.5. The predicted molar refractivity (Wildman–Crippen MR) is 51.7 cm³/mol. The molecule has 0 radical (unpaired) electrons. The van der Waals surface area contributed by atoms with E-state index in [9.17, 15) is 4.79 Å². The lowest BCUT2D eigenvalue weighted by Gasteiger charge is -2.10. The van der Waals surface area contributed by atoms with Crippen LogP contribution in [0.3, 0.4) is 0 Å². The summed E-state index contributed by atoms with van der Waals surface area (Å²) in [6.07, 6.45) is 2.62. The molecule has 78 valence electrons. The number of hydrogen-bond acceptors (Lipinski definition) is 3. The number of carboxylic acids is 1. The molecule has 0 saturated heterocycles. The van der Waals surface area contributed by atoms with E-state index in [-0.39, 0.29) is 11.7 Å². The molecule has 0 aromatic rings. The molecule has 0 bridgehead atoms. The van der Waals surface area contributed by atoms with Gasteiger partial charge >= 0.3 is 5.97 Å². The van der Waals surface area contributed by atoms with Gasteiger partial charge in [0.15, 0.2) is 0 Å². The molecular formula is C10H15NO3. The summed E-state index contributed by atoms with van der Waals surface area (Å²) >= 11 is 0. The summed E-state index contributed by atoms with van der Waals surface area (Å²) in [6, 6.07) is 1.62. The van der Waals surface area contributed by atoms with Crippen molar-refractivity contribution in [3.8, 4) is 6.07 Å². The number of nitriles is 1. The van der Waals surface area contributed by atoms with Crippen molar-refractivity contribution in [3.05, 3.63) is 11.6 Å². The lowest BCUT2D eigenvalue weighted by Crippen LogP contribution is -2.12. The van der Waals surface area contributed by atoms with Gasteiger partial charge in [-0.05, 0) is 18.9 Å². The molecule has 0 aromatic carbocycles. The van der Waals surface area contributed by atoms with Gasteiger partial charge in [-0.25, -0.2) is 4.79 Å². The maximum Gasteiger partial charge on any atom is 0.346 e. The molecule has 0 aliphatic carbocycles. The van der Waals surface area contributed by atoms with Gasteiger partial charge in [-0.3, -0.25) is 0 Å². The SMILES string of the molecule is CCCOC(C=C(C#N)C(=O)O)CC. The molecule has 0 aromatic heterocycles. The summed E-state index contributed by atoms with van der Waals surface area (Å²) < 4.78 is 5.33. The minimum atomic E-state index is -1.20. The highest BCUT2D eigenvalue weighted by atomic mass is 16.5. The van der Waals surface area contributed by atoms with Crippen LogP contribution in [0.25, 0.3) is 0 Å². The number of carbonyl (C=O) groups is 1. The Bertz CT molecular complexity index is 253. The summed E-state index contributed by atoms with van der Waals surface area (Å²) in [5.41, 5.74) is -0.257. The summed E-state index contributed by atoms with van der Waals surface area (Å²) in [6.45, 7) is 4.43. The second-order valence-corrected chi connectivity index (χ2v) is 2.81. The standard InChI is InChI=1S/C10H15NO3/c1-3-5-14-9(4-2)6-8(7-11)10(12)13/h6,9H,3-5H2,1-2H3,(H,12,13). The molecular weight excluding hydrogens is 182 g/mol. The molecule has 14 heavy (non-hydrogen) atoms. The van der Waals surface area contributed by atoms with E-state index in [4.69, 9.17) is 15.1 Å². The molecule has 0 aliphatic heterocycles. The van der Waals surface area contributed by atoms with Gasteiger partial charge in [0.2, 0.25) is 0 Å². The number of nitrogens with zero attached hydrogens (tertiary/aromatic N) is 1. The van der Waals surface area contributed by atoms with E-state index in [1.165, 1.54) is 6.08 Å². The minimum absolute atomic E-state index is 0.257. The smallest absolute Gasteiger partial charge is 0.346 e. The Kier molecular flexibility index (Phi) is 6.42. The first-order chi connectivity index (χ1) is 6.65. The fraction of sp³-hybridized carbons (Fsp3) is 0.600. The van der Waals surface area contributed by atoms with Crippen LogP contribution in [0.1, 0.15) is 26.7 Å². The van der Waals surface area contributed by atoms with Crippen molar-refractivity contribution in [1.82, 2.24) is 0 Å². The van der Waals surface area contributed by atoms with Crippen molar-refractivity contribution in [2.45, 2.75) is 32.8 Å². The minimum Gasteiger partial charge on any atom is -0.477 e. The van der Waals surface area contributed by atoms with Gasteiger partial charge in [0.05, 0.1) is 6.10 Å². The van der Waals surface area contributed by atoms with Crippen LogP contribution in [-0.4, -0.2) is 23.8 Å². The molecule has 4 nitrogen and oxygen atoms in total. The first-order valence-corrected chi connectivity index (χ1v) is 4.62. The van der Waals surface area contributed by atoms with Crippen molar-refractivity contribution in [2.75, 3.05) is 6.61 Å². The van der Waals surface area contributed by atoms with Crippen LogP contribution in [-0.2, 0) is 9.53 Å². The monoisotopic (exact) mass is 197 g/mol. The zero-order valence-electron chi connectivity index (χ0n) is 8.49. The van der Waals surface area contributed by atoms with Crippen molar-refractivity contribution in [1.29, 1.82) is 5.26 Å². The molecule has 1 N–H and O–H groups in total. The molecule has 0 fully saturated rings. The Morgan fingerprint density at radius 1 is 1.64 bits per heavy atom. The van der Waals surface area contributed by atoms with Gasteiger partial charge in [0.25, 0.3) is 0 Å². The van der Waals surface area contributed by atoms with Gasteiger partial charge in [0.1, 0.15) is 11.6 Å². The Balaban J connectivity index is 4.39. The number of carboxylic acid groups (broad SMARTS) is 1.